The molecule has 1 aromatic carbocycles. The van der Waals surface area contributed by atoms with Gasteiger partial charge in [0.05, 0.1) is 18.6 Å². The van der Waals surface area contributed by atoms with Gasteiger partial charge in [-0.1, -0.05) is 42.8 Å². The average Bonchev–Trinajstić information content (AvgIpc) is 3.00. The predicted octanol–water partition coefficient (Wildman–Crippen LogP) is 3.27. The Labute approximate surface area is 130 Å². The molecule has 0 radical (unpaired) electrons. The van der Waals surface area contributed by atoms with E-state index in [4.69, 9.17) is 14.6 Å². The molecular formula is C18H22O4. The van der Waals surface area contributed by atoms with Crippen LogP contribution in [0.5, 0.6) is 0 Å². The molecule has 1 aliphatic heterocycles. The first kappa shape index (κ1) is 15.3. The van der Waals surface area contributed by atoms with E-state index in [2.05, 4.69) is 12.1 Å². The fourth-order valence-electron chi connectivity index (χ4n) is 3.95. The van der Waals surface area contributed by atoms with Crippen molar-refractivity contribution in [2.45, 2.75) is 43.3 Å². The van der Waals surface area contributed by atoms with Crippen molar-refractivity contribution in [1.29, 1.82) is 0 Å². The Bertz CT molecular complexity index is 545. The molecule has 1 aliphatic carbocycles. The summed E-state index contributed by atoms with van der Waals surface area (Å²) in [6.45, 7) is 1.22. The second-order valence-corrected chi connectivity index (χ2v) is 6.05. The molecule has 1 N–H and O–H groups in total. The first-order valence-electron chi connectivity index (χ1n) is 7.91. The van der Waals surface area contributed by atoms with Gasteiger partial charge in [0.2, 0.25) is 0 Å². The lowest BCUT2D eigenvalue weighted by molar-refractivity contribution is -0.226. The highest BCUT2D eigenvalue weighted by Crippen LogP contribution is 2.53. The number of benzene rings is 1. The molecule has 0 amide bonds. The van der Waals surface area contributed by atoms with Crippen LogP contribution < -0.4 is 0 Å². The quantitative estimate of drug-likeness (QED) is 0.867. The van der Waals surface area contributed by atoms with Crippen LogP contribution in [-0.2, 0) is 19.7 Å². The van der Waals surface area contributed by atoms with Gasteiger partial charge >= 0.3 is 5.97 Å². The molecule has 4 heteroatoms. The summed E-state index contributed by atoms with van der Waals surface area (Å²) in [5, 5.41) is 8.91. The number of carboxylic acid groups (broad SMARTS) is 1. The van der Waals surface area contributed by atoms with Crippen molar-refractivity contribution < 1.29 is 19.4 Å². The summed E-state index contributed by atoms with van der Waals surface area (Å²) in [5.41, 5.74) is 0.862. The number of hydrogen-bond donors (Lipinski definition) is 1. The average molecular weight is 302 g/mol. The molecule has 1 heterocycles. The Morgan fingerprint density at radius 1 is 1.14 bits per heavy atom. The highest BCUT2D eigenvalue weighted by molar-refractivity contribution is 5.79. The summed E-state index contributed by atoms with van der Waals surface area (Å²) in [4.78, 5) is 10.8. The van der Waals surface area contributed by atoms with Gasteiger partial charge in [0.25, 0.3) is 0 Å². The Hall–Kier alpha value is -1.65. The molecule has 3 rings (SSSR count). The van der Waals surface area contributed by atoms with Crippen LogP contribution in [0.4, 0.5) is 0 Å². The zero-order valence-corrected chi connectivity index (χ0v) is 12.7. The van der Waals surface area contributed by atoms with Gasteiger partial charge in [-0.05, 0) is 24.8 Å². The van der Waals surface area contributed by atoms with Crippen molar-refractivity contribution in [2.75, 3.05) is 13.2 Å². The standard InChI is InChI=1S/C18H22O4/c19-16(20)9-6-11-17(15-7-2-1-3-8-15)10-4-5-12-18(17)21-13-14-22-18/h1-3,6-9H,4-5,10-14H2,(H,19,20)/b9-6+. The van der Waals surface area contributed by atoms with Crippen LogP contribution in [0.3, 0.4) is 0 Å². The van der Waals surface area contributed by atoms with Crippen LogP contribution in [-0.4, -0.2) is 30.1 Å². The van der Waals surface area contributed by atoms with Crippen molar-refractivity contribution >= 4 is 5.97 Å². The van der Waals surface area contributed by atoms with Gasteiger partial charge in [-0.25, -0.2) is 4.79 Å². The van der Waals surface area contributed by atoms with Crippen LogP contribution >= 0.6 is 0 Å². The van der Waals surface area contributed by atoms with Gasteiger partial charge in [-0.15, -0.1) is 0 Å². The topological polar surface area (TPSA) is 55.8 Å². The van der Waals surface area contributed by atoms with Gasteiger partial charge in [0.1, 0.15) is 0 Å². The second-order valence-electron chi connectivity index (χ2n) is 6.05. The lowest BCUT2D eigenvalue weighted by Crippen LogP contribution is -2.54. The highest BCUT2D eigenvalue weighted by atomic mass is 16.7. The molecule has 1 atom stereocenters. The first-order chi connectivity index (χ1) is 10.7. The maximum absolute atomic E-state index is 10.8. The monoisotopic (exact) mass is 302 g/mol. The number of ether oxygens (including phenoxy) is 2. The molecule has 0 aromatic heterocycles. The van der Waals surface area contributed by atoms with Gasteiger partial charge in [0.15, 0.2) is 5.79 Å². The molecule has 4 nitrogen and oxygen atoms in total. The maximum Gasteiger partial charge on any atom is 0.327 e. The Balaban J connectivity index is 2.03. The van der Waals surface area contributed by atoms with Crippen molar-refractivity contribution in [1.82, 2.24) is 0 Å². The summed E-state index contributed by atoms with van der Waals surface area (Å²) in [5.74, 6) is -1.53. The summed E-state index contributed by atoms with van der Waals surface area (Å²) in [6, 6.07) is 10.3. The molecule has 1 aromatic rings. The molecule has 1 saturated carbocycles. The van der Waals surface area contributed by atoms with E-state index in [-0.39, 0.29) is 5.41 Å². The smallest absolute Gasteiger partial charge is 0.327 e. The van der Waals surface area contributed by atoms with E-state index in [0.717, 1.165) is 25.7 Å². The van der Waals surface area contributed by atoms with Crippen LogP contribution in [0.2, 0.25) is 0 Å². The van der Waals surface area contributed by atoms with Crippen molar-refractivity contribution in [2.24, 2.45) is 0 Å². The fourth-order valence-corrected chi connectivity index (χ4v) is 3.95. The zero-order valence-electron chi connectivity index (χ0n) is 12.7. The lowest BCUT2D eigenvalue weighted by atomic mass is 9.63. The van der Waals surface area contributed by atoms with Gasteiger partial charge < -0.3 is 14.6 Å². The van der Waals surface area contributed by atoms with Crippen LogP contribution in [0.25, 0.3) is 0 Å². The van der Waals surface area contributed by atoms with Crippen LogP contribution in [0.15, 0.2) is 42.5 Å². The molecule has 1 spiro atoms. The van der Waals surface area contributed by atoms with Crippen LogP contribution in [0, 0.1) is 0 Å². The van der Waals surface area contributed by atoms with Gasteiger partial charge in [-0.2, -0.15) is 0 Å². The van der Waals surface area contributed by atoms with Crippen LogP contribution in [0.1, 0.15) is 37.7 Å². The van der Waals surface area contributed by atoms with Crippen molar-refractivity contribution in [3.63, 3.8) is 0 Å². The number of rotatable bonds is 4. The molecule has 118 valence electrons. The predicted molar refractivity (Wildman–Crippen MR) is 82.6 cm³/mol. The number of aliphatic carboxylic acids is 1. The summed E-state index contributed by atoms with van der Waals surface area (Å²) in [6.07, 6.45) is 7.57. The molecule has 1 saturated heterocycles. The van der Waals surface area contributed by atoms with E-state index in [1.165, 1.54) is 11.6 Å². The minimum atomic E-state index is -0.915. The second kappa shape index (κ2) is 6.23. The van der Waals surface area contributed by atoms with Crippen molar-refractivity contribution in [3.8, 4) is 0 Å². The van der Waals surface area contributed by atoms with E-state index in [0.29, 0.717) is 19.6 Å². The summed E-state index contributed by atoms with van der Waals surface area (Å²) in [7, 11) is 0. The first-order valence-corrected chi connectivity index (χ1v) is 7.91. The van der Waals surface area contributed by atoms with E-state index in [1.54, 1.807) is 6.08 Å². The maximum atomic E-state index is 10.8. The number of allylic oxidation sites excluding steroid dienone is 1. The van der Waals surface area contributed by atoms with E-state index >= 15 is 0 Å². The summed E-state index contributed by atoms with van der Waals surface area (Å²) >= 11 is 0. The zero-order chi connectivity index (χ0) is 15.5. The molecular weight excluding hydrogens is 280 g/mol. The molecule has 2 aliphatic rings. The van der Waals surface area contributed by atoms with Gasteiger partial charge in [0, 0.05) is 12.5 Å². The Morgan fingerprint density at radius 3 is 2.50 bits per heavy atom. The molecule has 1 unspecified atom stereocenters. The largest absolute Gasteiger partial charge is 0.478 e. The third-order valence-electron chi connectivity index (χ3n) is 4.90. The van der Waals surface area contributed by atoms with Gasteiger partial charge in [-0.3, -0.25) is 0 Å². The third-order valence-corrected chi connectivity index (χ3v) is 4.90. The number of hydrogen-bond acceptors (Lipinski definition) is 3. The molecule has 22 heavy (non-hydrogen) atoms. The van der Waals surface area contributed by atoms with E-state index < -0.39 is 11.8 Å². The number of carbonyl (C=O) groups is 1. The normalized spacial score (nSPS) is 27.5. The lowest BCUT2D eigenvalue weighted by Gasteiger charge is -2.50. The van der Waals surface area contributed by atoms with E-state index in [9.17, 15) is 4.79 Å². The SMILES string of the molecule is O=C(O)/C=C/CC1(c2ccccc2)CCCCC12OCCO2. The fraction of sp³-hybridized carbons (Fsp3) is 0.500. The minimum absolute atomic E-state index is 0.311. The Morgan fingerprint density at radius 2 is 1.82 bits per heavy atom. The minimum Gasteiger partial charge on any atom is -0.478 e. The molecule has 0 bridgehead atoms. The Kier molecular flexibility index (Phi) is 4.32. The molecule has 2 fully saturated rings. The summed E-state index contributed by atoms with van der Waals surface area (Å²) < 4.78 is 12.2. The van der Waals surface area contributed by atoms with E-state index in [1.807, 2.05) is 18.2 Å². The number of carboxylic acids is 1. The third kappa shape index (κ3) is 2.57. The van der Waals surface area contributed by atoms with Crippen molar-refractivity contribution in [3.05, 3.63) is 48.0 Å². The highest BCUT2D eigenvalue weighted by Gasteiger charge is 2.57.